The first-order chi connectivity index (χ1) is 9.38. The molecule has 0 aromatic heterocycles. The van der Waals surface area contributed by atoms with E-state index in [1.807, 2.05) is 0 Å². The van der Waals surface area contributed by atoms with Gasteiger partial charge in [-0.2, -0.15) is 0 Å². The predicted molar refractivity (Wildman–Crippen MR) is 87.2 cm³/mol. The Morgan fingerprint density at radius 2 is 1.75 bits per heavy atom. The minimum Gasteiger partial charge on any atom is -0.381 e. The minimum atomic E-state index is 0.159. The summed E-state index contributed by atoms with van der Waals surface area (Å²) in [5.74, 6) is 1.13. The molecule has 1 aromatic rings. The van der Waals surface area contributed by atoms with Gasteiger partial charge in [-0.1, -0.05) is 44.2 Å². The highest BCUT2D eigenvalue weighted by Gasteiger charge is 2.15. The van der Waals surface area contributed by atoms with Crippen molar-refractivity contribution in [2.75, 3.05) is 19.8 Å². The van der Waals surface area contributed by atoms with Crippen LogP contribution in [0.15, 0.2) is 30.3 Å². The molecule has 1 atom stereocenters. The van der Waals surface area contributed by atoms with Crippen LogP contribution in [0, 0.1) is 5.92 Å². The quantitative estimate of drug-likeness (QED) is 0.718. The maximum atomic E-state index is 5.75. The number of ether oxygens (including phenoxy) is 1. The summed E-state index contributed by atoms with van der Waals surface area (Å²) in [6.07, 6.45) is 1.07. The second-order valence-corrected chi connectivity index (χ2v) is 7.00. The van der Waals surface area contributed by atoms with E-state index in [0.29, 0.717) is 11.8 Å². The van der Waals surface area contributed by atoms with Gasteiger partial charge in [0.15, 0.2) is 0 Å². The Balaban J connectivity index is 2.51. The summed E-state index contributed by atoms with van der Waals surface area (Å²) in [7, 11) is 0. The third-order valence-electron chi connectivity index (χ3n) is 3.21. The van der Waals surface area contributed by atoms with Gasteiger partial charge in [0, 0.05) is 25.3 Å². The van der Waals surface area contributed by atoms with Crippen LogP contribution in [0.25, 0.3) is 0 Å². The van der Waals surface area contributed by atoms with Crippen molar-refractivity contribution in [3.8, 4) is 0 Å². The number of rotatable bonds is 8. The molecule has 0 aliphatic carbocycles. The van der Waals surface area contributed by atoms with Crippen molar-refractivity contribution in [3.63, 3.8) is 0 Å². The van der Waals surface area contributed by atoms with Crippen molar-refractivity contribution in [1.29, 1.82) is 0 Å². The van der Waals surface area contributed by atoms with E-state index in [2.05, 4.69) is 70.3 Å². The molecule has 0 bridgehead atoms. The van der Waals surface area contributed by atoms with Crippen molar-refractivity contribution < 1.29 is 4.74 Å². The van der Waals surface area contributed by atoms with Crippen LogP contribution < -0.4 is 5.32 Å². The lowest BCUT2D eigenvalue weighted by molar-refractivity contribution is 0.103. The number of benzene rings is 1. The second-order valence-electron chi connectivity index (χ2n) is 7.00. The molecule has 0 aliphatic rings. The standard InChI is InChI=1S/C18H31NO/c1-15(2)14-20-12-11-17(13-19-18(3,4)5)16-9-7-6-8-10-16/h6-10,15,17,19H,11-14H2,1-5H3. The van der Waals surface area contributed by atoms with Crippen molar-refractivity contribution in [1.82, 2.24) is 5.32 Å². The maximum absolute atomic E-state index is 5.75. The molecular formula is C18H31NO. The molecule has 0 aliphatic heterocycles. The minimum absolute atomic E-state index is 0.159. The molecule has 0 radical (unpaired) electrons. The van der Waals surface area contributed by atoms with E-state index in [1.165, 1.54) is 5.56 Å². The van der Waals surface area contributed by atoms with E-state index >= 15 is 0 Å². The van der Waals surface area contributed by atoms with Crippen LogP contribution in [0.5, 0.6) is 0 Å². The average Bonchev–Trinajstić information content (AvgIpc) is 2.37. The zero-order chi connectivity index (χ0) is 15.0. The van der Waals surface area contributed by atoms with Crippen molar-refractivity contribution in [3.05, 3.63) is 35.9 Å². The molecule has 0 fully saturated rings. The summed E-state index contributed by atoms with van der Waals surface area (Å²) in [5, 5.41) is 3.61. The molecule has 2 nitrogen and oxygen atoms in total. The largest absolute Gasteiger partial charge is 0.381 e. The summed E-state index contributed by atoms with van der Waals surface area (Å²) in [5.41, 5.74) is 1.56. The second kappa shape index (κ2) is 8.43. The highest BCUT2D eigenvalue weighted by Crippen LogP contribution is 2.20. The summed E-state index contributed by atoms with van der Waals surface area (Å²) in [6, 6.07) is 10.8. The Bertz CT molecular complexity index is 353. The lowest BCUT2D eigenvalue weighted by atomic mass is 9.95. The summed E-state index contributed by atoms with van der Waals surface area (Å²) >= 11 is 0. The summed E-state index contributed by atoms with van der Waals surface area (Å²) in [4.78, 5) is 0. The van der Waals surface area contributed by atoms with Gasteiger partial charge >= 0.3 is 0 Å². The fraction of sp³-hybridized carbons (Fsp3) is 0.667. The molecule has 0 amide bonds. The van der Waals surface area contributed by atoms with E-state index in [-0.39, 0.29) is 5.54 Å². The number of hydrogen-bond donors (Lipinski definition) is 1. The SMILES string of the molecule is CC(C)COCCC(CNC(C)(C)C)c1ccccc1. The van der Waals surface area contributed by atoms with Crippen molar-refractivity contribution >= 4 is 0 Å². The van der Waals surface area contributed by atoms with Crippen molar-refractivity contribution in [2.45, 2.75) is 52.5 Å². The Labute approximate surface area is 124 Å². The molecule has 1 N–H and O–H groups in total. The van der Waals surface area contributed by atoms with Gasteiger partial charge < -0.3 is 10.1 Å². The van der Waals surface area contributed by atoms with Gasteiger partial charge in [-0.25, -0.2) is 0 Å². The summed E-state index contributed by atoms with van der Waals surface area (Å²) < 4.78 is 5.75. The van der Waals surface area contributed by atoms with E-state index in [9.17, 15) is 0 Å². The topological polar surface area (TPSA) is 21.3 Å². The average molecular weight is 277 g/mol. The Morgan fingerprint density at radius 1 is 1.10 bits per heavy atom. The van der Waals surface area contributed by atoms with Gasteiger partial charge in [0.25, 0.3) is 0 Å². The fourth-order valence-electron chi connectivity index (χ4n) is 2.09. The van der Waals surface area contributed by atoms with Crippen LogP contribution in [-0.4, -0.2) is 25.3 Å². The molecule has 1 rings (SSSR count). The first-order valence-electron chi connectivity index (χ1n) is 7.76. The lowest BCUT2D eigenvalue weighted by Crippen LogP contribution is -2.38. The third kappa shape index (κ3) is 7.66. The smallest absolute Gasteiger partial charge is 0.0488 e. The van der Waals surface area contributed by atoms with E-state index in [1.54, 1.807) is 0 Å². The molecular weight excluding hydrogens is 246 g/mol. The molecule has 0 spiro atoms. The number of nitrogens with one attached hydrogen (secondary N) is 1. The molecule has 0 saturated heterocycles. The zero-order valence-corrected chi connectivity index (χ0v) is 13.8. The highest BCUT2D eigenvalue weighted by molar-refractivity contribution is 5.20. The van der Waals surface area contributed by atoms with Crippen LogP contribution in [0.2, 0.25) is 0 Å². The van der Waals surface area contributed by atoms with Gasteiger partial charge in [-0.15, -0.1) is 0 Å². The molecule has 20 heavy (non-hydrogen) atoms. The third-order valence-corrected chi connectivity index (χ3v) is 3.21. The first-order valence-corrected chi connectivity index (χ1v) is 7.76. The molecule has 1 unspecified atom stereocenters. The molecule has 2 heteroatoms. The predicted octanol–water partition coefficient (Wildman–Crippen LogP) is 4.22. The lowest BCUT2D eigenvalue weighted by Gasteiger charge is -2.25. The molecule has 1 aromatic carbocycles. The Kier molecular flexibility index (Phi) is 7.25. The monoisotopic (exact) mass is 277 g/mol. The van der Waals surface area contributed by atoms with Gasteiger partial charge in [0.1, 0.15) is 0 Å². The molecule has 0 heterocycles. The zero-order valence-electron chi connectivity index (χ0n) is 13.8. The van der Waals surface area contributed by atoms with Crippen molar-refractivity contribution in [2.24, 2.45) is 5.92 Å². The van der Waals surface area contributed by atoms with Crippen LogP contribution in [0.4, 0.5) is 0 Å². The summed E-state index contributed by atoms with van der Waals surface area (Å²) in [6.45, 7) is 13.7. The van der Waals surface area contributed by atoms with E-state index < -0.39 is 0 Å². The number of hydrogen-bond acceptors (Lipinski definition) is 2. The first kappa shape index (κ1) is 17.2. The van der Waals surface area contributed by atoms with Crippen LogP contribution in [-0.2, 0) is 4.74 Å². The normalized spacial score (nSPS) is 13.7. The fourth-order valence-corrected chi connectivity index (χ4v) is 2.09. The van der Waals surface area contributed by atoms with Gasteiger partial charge in [-0.3, -0.25) is 0 Å². The Morgan fingerprint density at radius 3 is 2.30 bits per heavy atom. The van der Waals surface area contributed by atoms with Crippen LogP contribution in [0.3, 0.4) is 0 Å². The van der Waals surface area contributed by atoms with Crippen LogP contribution in [0.1, 0.15) is 52.5 Å². The van der Waals surface area contributed by atoms with E-state index in [0.717, 1.165) is 26.2 Å². The van der Waals surface area contributed by atoms with Crippen LogP contribution >= 0.6 is 0 Å². The van der Waals surface area contributed by atoms with E-state index in [4.69, 9.17) is 4.74 Å². The highest BCUT2D eigenvalue weighted by atomic mass is 16.5. The molecule has 114 valence electrons. The van der Waals surface area contributed by atoms with Gasteiger partial charge in [0.2, 0.25) is 0 Å². The Hall–Kier alpha value is -0.860. The van der Waals surface area contributed by atoms with Gasteiger partial charge in [-0.05, 0) is 44.6 Å². The maximum Gasteiger partial charge on any atom is 0.0488 e. The van der Waals surface area contributed by atoms with Gasteiger partial charge in [0.05, 0.1) is 0 Å². The molecule has 0 saturated carbocycles.